The van der Waals surface area contributed by atoms with E-state index in [0.29, 0.717) is 27.4 Å². The largest absolute Gasteiger partial charge is 0.494 e. The molecular weight excluding hydrogens is 305 g/mol. The van der Waals surface area contributed by atoms with Gasteiger partial charge >= 0.3 is 0 Å². The Bertz CT molecular complexity index is 564. The Morgan fingerprint density at radius 3 is 2.21 bits per heavy atom. The molecule has 0 aliphatic heterocycles. The fourth-order valence-corrected chi connectivity index (χ4v) is 2.60. The molecule has 0 radical (unpaired) electrons. The second kappa shape index (κ2) is 6.38. The Hall–Kier alpha value is -1.09. The molecule has 2 aromatic carbocycles. The molecule has 0 heterocycles. The van der Waals surface area contributed by atoms with Gasteiger partial charge in [0.15, 0.2) is 5.75 Å². The summed E-state index contributed by atoms with van der Waals surface area (Å²) in [7, 11) is 1.54. The quantitative estimate of drug-likeness (QED) is 0.830. The third-order valence-corrected chi connectivity index (χ3v) is 3.51. The zero-order valence-electron chi connectivity index (χ0n) is 10.2. The van der Waals surface area contributed by atoms with Gasteiger partial charge in [-0.3, -0.25) is 0 Å². The van der Waals surface area contributed by atoms with Crippen LogP contribution in [0, 0.1) is 0 Å². The maximum atomic E-state index is 6.08. The van der Waals surface area contributed by atoms with Crippen LogP contribution < -0.4 is 10.1 Å². The number of hydrogen-bond acceptors (Lipinski definition) is 2. The topological polar surface area (TPSA) is 21.3 Å². The summed E-state index contributed by atoms with van der Waals surface area (Å²) in [4.78, 5) is 0. The number of nitrogens with one attached hydrogen (secondary N) is 1. The highest BCUT2D eigenvalue weighted by molar-refractivity contribution is 6.37. The van der Waals surface area contributed by atoms with Crippen molar-refractivity contribution in [3.8, 4) is 5.75 Å². The van der Waals surface area contributed by atoms with Crippen molar-refractivity contribution in [3.05, 3.63) is 57.0 Å². The van der Waals surface area contributed by atoms with E-state index in [1.54, 1.807) is 0 Å². The normalized spacial score (nSPS) is 10.3. The van der Waals surface area contributed by atoms with Crippen LogP contribution in [-0.4, -0.2) is 7.11 Å². The van der Waals surface area contributed by atoms with Gasteiger partial charge in [-0.05, 0) is 29.8 Å². The van der Waals surface area contributed by atoms with Gasteiger partial charge in [-0.1, -0.05) is 46.9 Å². The van der Waals surface area contributed by atoms with E-state index in [1.807, 2.05) is 36.4 Å². The third kappa shape index (κ3) is 3.47. The minimum atomic E-state index is 0.491. The first-order chi connectivity index (χ1) is 9.11. The average Bonchev–Trinajstić information content (AvgIpc) is 2.37. The van der Waals surface area contributed by atoms with Crippen molar-refractivity contribution < 1.29 is 4.74 Å². The Morgan fingerprint density at radius 2 is 1.63 bits per heavy atom. The van der Waals surface area contributed by atoms with Gasteiger partial charge in [0.25, 0.3) is 0 Å². The van der Waals surface area contributed by atoms with Crippen LogP contribution >= 0.6 is 34.8 Å². The Balaban J connectivity index is 2.15. The molecule has 0 fully saturated rings. The van der Waals surface area contributed by atoms with Crippen LogP contribution in [0.1, 0.15) is 5.56 Å². The van der Waals surface area contributed by atoms with Gasteiger partial charge in [-0.25, -0.2) is 0 Å². The lowest BCUT2D eigenvalue weighted by Gasteiger charge is -2.11. The number of para-hydroxylation sites is 1. The summed E-state index contributed by atoms with van der Waals surface area (Å²) < 4.78 is 5.11. The summed E-state index contributed by atoms with van der Waals surface area (Å²) in [6, 6.07) is 11.2. The van der Waals surface area contributed by atoms with E-state index in [9.17, 15) is 0 Å². The predicted molar refractivity (Wildman–Crippen MR) is 81.8 cm³/mol. The molecule has 0 spiro atoms. The minimum Gasteiger partial charge on any atom is -0.494 e. The molecule has 0 aromatic heterocycles. The molecule has 0 atom stereocenters. The summed E-state index contributed by atoms with van der Waals surface area (Å²) in [6.45, 7) is 0.577. The van der Waals surface area contributed by atoms with Gasteiger partial charge in [0.05, 0.1) is 27.9 Å². The standard InChI is InChI=1S/C14H12Cl3NO/c1-19-14-11(16)6-9(7-12(14)17)8-18-13-5-3-2-4-10(13)15/h2-7,18H,8H2,1H3. The van der Waals surface area contributed by atoms with Crippen LogP contribution in [0.2, 0.25) is 15.1 Å². The van der Waals surface area contributed by atoms with Crippen molar-refractivity contribution in [2.45, 2.75) is 6.54 Å². The van der Waals surface area contributed by atoms with Crippen molar-refractivity contribution in [2.75, 3.05) is 12.4 Å². The number of rotatable bonds is 4. The summed E-state index contributed by atoms with van der Waals surface area (Å²) in [6.07, 6.45) is 0. The first-order valence-electron chi connectivity index (χ1n) is 5.62. The molecule has 0 bridgehead atoms. The number of benzene rings is 2. The molecule has 0 saturated carbocycles. The molecule has 0 aliphatic carbocycles. The second-order valence-corrected chi connectivity index (χ2v) is 5.15. The van der Waals surface area contributed by atoms with Gasteiger partial charge in [0.1, 0.15) is 0 Å². The average molecular weight is 317 g/mol. The fourth-order valence-electron chi connectivity index (χ4n) is 1.71. The van der Waals surface area contributed by atoms with Crippen molar-refractivity contribution in [1.29, 1.82) is 0 Å². The lowest BCUT2D eigenvalue weighted by Crippen LogP contribution is -2.00. The fraction of sp³-hybridized carbons (Fsp3) is 0.143. The number of halogens is 3. The van der Waals surface area contributed by atoms with Crippen LogP contribution in [-0.2, 0) is 6.54 Å². The number of ether oxygens (including phenoxy) is 1. The zero-order valence-corrected chi connectivity index (χ0v) is 12.5. The number of methoxy groups -OCH3 is 1. The van der Waals surface area contributed by atoms with Crippen molar-refractivity contribution in [1.82, 2.24) is 0 Å². The Morgan fingerprint density at radius 1 is 1.00 bits per heavy atom. The van der Waals surface area contributed by atoms with Gasteiger partial charge in [0.2, 0.25) is 0 Å². The lowest BCUT2D eigenvalue weighted by atomic mass is 10.2. The smallest absolute Gasteiger partial charge is 0.156 e. The molecule has 19 heavy (non-hydrogen) atoms. The maximum Gasteiger partial charge on any atom is 0.156 e. The van der Waals surface area contributed by atoms with Crippen LogP contribution in [0.15, 0.2) is 36.4 Å². The summed E-state index contributed by atoms with van der Waals surface area (Å²) in [5, 5.41) is 4.89. The first-order valence-corrected chi connectivity index (χ1v) is 6.75. The van der Waals surface area contributed by atoms with Crippen LogP contribution in [0.25, 0.3) is 0 Å². The Labute approximate surface area is 127 Å². The molecule has 0 saturated heterocycles. The summed E-state index contributed by atoms with van der Waals surface area (Å²) in [5.41, 5.74) is 1.82. The molecule has 2 nitrogen and oxygen atoms in total. The van der Waals surface area contributed by atoms with Crippen molar-refractivity contribution in [2.24, 2.45) is 0 Å². The predicted octanol–water partition coefficient (Wildman–Crippen LogP) is 5.27. The number of hydrogen-bond donors (Lipinski definition) is 1. The first kappa shape index (κ1) is 14.3. The highest BCUT2D eigenvalue weighted by atomic mass is 35.5. The summed E-state index contributed by atoms with van der Waals surface area (Å²) >= 11 is 18.2. The lowest BCUT2D eigenvalue weighted by molar-refractivity contribution is 0.415. The second-order valence-electron chi connectivity index (χ2n) is 3.93. The molecule has 5 heteroatoms. The van der Waals surface area contributed by atoms with E-state index < -0.39 is 0 Å². The van der Waals surface area contributed by atoms with E-state index in [2.05, 4.69) is 5.32 Å². The molecule has 1 N–H and O–H groups in total. The number of anilines is 1. The monoisotopic (exact) mass is 315 g/mol. The van der Waals surface area contributed by atoms with E-state index >= 15 is 0 Å². The SMILES string of the molecule is COc1c(Cl)cc(CNc2ccccc2Cl)cc1Cl. The molecule has 2 aromatic rings. The van der Waals surface area contributed by atoms with Crippen molar-refractivity contribution in [3.63, 3.8) is 0 Å². The Kier molecular flexibility index (Phi) is 4.81. The summed E-state index contributed by atoms with van der Waals surface area (Å²) in [5.74, 6) is 0.491. The van der Waals surface area contributed by atoms with E-state index in [4.69, 9.17) is 39.5 Å². The zero-order chi connectivity index (χ0) is 13.8. The van der Waals surface area contributed by atoms with Gasteiger partial charge < -0.3 is 10.1 Å². The molecule has 0 amide bonds. The van der Waals surface area contributed by atoms with Gasteiger partial charge in [-0.15, -0.1) is 0 Å². The molecule has 0 unspecified atom stereocenters. The molecular formula is C14H12Cl3NO. The highest BCUT2D eigenvalue weighted by Gasteiger charge is 2.08. The molecule has 100 valence electrons. The van der Waals surface area contributed by atoms with E-state index in [-0.39, 0.29) is 0 Å². The highest BCUT2D eigenvalue weighted by Crippen LogP contribution is 2.34. The van der Waals surface area contributed by atoms with Crippen LogP contribution in [0.4, 0.5) is 5.69 Å². The minimum absolute atomic E-state index is 0.491. The van der Waals surface area contributed by atoms with Crippen LogP contribution in [0.3, 0.4) is 0 Å². The van der Waals surface area contributed by atoms with E-state index in [1.165, 1.54) is 7.11 Å². The van der Waals surface area contributed by atoms with Crippen LogP contribution in [0.5, 0.6) is 5.75 Å². The van der Waals surface area contributed by atoms with E-state index in [0.717, 1.165) is 11.3 Å². The van der Waals surface area contributed by atoms with Crippen molar-refractivity contribution >= 4 is 40.5 Å². The maximum absolute atomic E-state index is 6.08. The molecule has 0 aliphatic rings. The molecule has 2 rings (SSSR count). The van der Waals surface area contributed by atoms with Gasteiger partial charge in [0, 0.05) is 6.54 Å². The third-order valence-electron chi connectivity index (χ3n) is 2.62. The van der Waals surface area contributed by atoms with Gasteiger partial charge in [-0.2, -0.15) is 0 Å².